The molecule has 1 N–H and O–H groups in total. The van der Waals surface area contributed by atoms with Crippen molar-refractivity contribution in [2.75, 3.05) is 32.8 Å². The van der Waals surface area contributed by atoms with Gasteiger partial charge in [-0.1, -0.05) is 0 Å². The van der Waals surface area contributed by atoms with E-state index in [-0.39, 0.29) is 0 Å². The van der Waals surface area contributed by atoms with Gasteiger partial charge in [0.2, 0.25) is 0 Å². The van der Waals surface area contributed by atoms with Crippen LogP contribution in [0.4, 0.5) is 0 Å². The molecule has 2 unspecified atom stereocenters. The number of piperazine rings is 1. The first-order chi connectivity index (χ1) is 8.67. The minimum absolute atomic E-state index is 0.364. The van der Waals surface area contributed by atoms with Crippen LogP contribution in [-0.4, -0.2) is 49.3 Å². The van der Waals surface area contributed by atoms with Crippen molar-refractivity contribution >= 4 is 0 Å². The number of nitrogens with zero attached hydrogens (tertiary/aromatic N) is 1. The summed E-state index contributed by atoms with van der Waals surface area (Å²) in [6, 6.07) is 0.654. The fraction of sp³-hybridized carbons (Fsp3) is 1.00. The number of nitrogens with one attached hydrogen (secondary N) is 1. The molecule has 0 spiro atoms. The molecule has 1 heterocycles. The van der Waals surface area contributed by atoms with E-state index in [0.29, 0.717) is 11.6 Å². The standard InChI is InChI=1S/C15H28N2O/c1-12-9-16-15(2,14-5-6-14)11-17(12)7-8-18-10-13-3-4-13/h12-14,16H,3-11H2,1-2H3. The van der Waals surface area contributed by atoms with Gasteiger partial charge < -0.3 is 10.1 Å². The zero-order valence-corrected chi connectivity index (χ0v) is 12.0. The summed E-state index contributed by atoms with van der Waals surface area (Å²) in [6.07, 6.45) is 5.63. The Hall–Kier alpha value is -0.120. The molecular formula is C15H28N2O. The van der Waals surface area contributed by atoms with E-state index in [4.69, 9.17) is 4.74 Å². The van der Waals surface area contributed by atoms with E-state index < -0.39 is 0 Å². The van der Waals surface area contributed by atoms with Gasteiger partial charge in [-0.2, -0.15) is 0 Å². The third-order valence-corrected chi connectivity index (χ3v) is 5.01. The maximum atomic E-state index is 5.79. The van der Waals surface area contributed by atoms with Gasteiger partial charge in [0.05, 0.1) is 6.61 Å². The van der Waals surface area contributed by atoms with Crippen LogP contribution in [0.25, 0.3) is 0 Å². The van der Waals surface area contributed by atoms with E-state index in [1.54, 1.807) is 0 Å². The maximum Gasteiger partial charge on any atom is 0.0593 e. The summed E-state index contributed by atoms with van der Waals surface area (Å²) in [5.41, 5.74) is 0.364. The van der Waals surface area contributed by atoms with E-state index in [2.05, 4.69) is 24.1 Å². The number of hydrogen-bond donors (Lipinski definition) is 1. The summed E-state index contributed by atoms with van der Waals surface area (Å²) < 4.78 is 5.79. The smallest absolute Gasteiger partial charge is 0.0593 e. The zero-order chi connectivity index (χ0) is 12.6. The number of ether oxygens (including phenoxy) is 1. The molecule has 2 atom stereocenters. The molecule has 3 rings (SSSR count). The monoisotopic (exact) mass is 252 g/mol. The lowest BCUT2D eigenvalue weighted by molar-refractivity contribution is 0.0415. The molecule has 0 aromatic carbocycles. The Balaban J connectivity index is 1.43. The highest BCUT2D eigenvalue weighted by Crippen LogP contribution is 2.41. The van der Waals surface area contributed by atoms with Gasteiger partial charge in [0.1, 0.15) is 0 Å². The molecule has 3 fully saturated rings. The van der Waals surface area contributed by atoms with Gasteiger partial charge in [0, 0.05) is 37.8 Å². The first kappa shape index (κ1) is 12.9. The van der Waals surface area contributed by atoms with Gasteiger partial charge in [-0.05, 0) is 51.4 Å². The van der Waals surface area contributed by atoms with Crippen LogP contribution in [-0.2, 0) is 4.74 Å². The summed E-state index contributed by atoms with van der Waals surface area (Å²) in [4.78, 5) is 2.63. The molecule has 3 heteroatoms. The second kappa shape index (κ2) is 5.10. The SMILES string of the molecule is CC1CNC(C)(C2CC2)CN1CCOCC1CC1. The first-order valence-electron chi connectivity index (χ1n) is 7.74. The fourth-order valence-electron chi connectivity index (χ4n) is 3.15. The van der Waals surface area contributed by atoms with E-state index in [9.17, 15) is 0 Å². The molecule has 0 aromatic rings. The third-order valence-electron chi connectivity index (χ3n) is 5.01. The third kappa shape index (κ3) is 3.06. The van der Waals surface area contributed by atoms with Crippen LogP contribution in [0.1, 0.15) is 39.5 Å². The Morgan fingerprint density at radius 3 is 2.72 bits per heavy atom. The van der Waals surface area contributed by atoms with Gasteiger partial charge in [-0.3, -0.25) is 4.90 Å². The molecule has 104 valence electrons. The second-order valence-electron chi connectivity index (χ2n) is 6.91. The molecule has 1 aliphatic heterocycles. The number of rotatable bonds is 6. The maximum absolute atomic E-state index is 5.79. The van der Waals surface area contributed by atoms with E-state index in [0.717, 1.165) is 38.1 Å². The normalized spacial score (nSPS) is 38.0. The summed E-state index contributed by atoms with van der Waals surface area (Å²) in [7, 11) is 0. The molecular weight excluding hydrogens is 224 g/mol. The Bertz CT molecular complexity index is 288. The summed E-state index contributed by atoms with van der Waals surface area (Å²) in [6.45, 7) is 10.1. The molecule has 0 bridgehead atoms. The van der Waals surface area contributed by atoms with Crippen LogP contribution < -0.4 is 5.32 Å². The van der Waals surface area contributed by atoms with Crippen LogP contribution >= 0.6 is 0 Å². The van der Waals surface area contributed by atoms with Gasteiger partial charge >= 0.3 is 0 Å². The highest BCUT2D eigenvalue weighted by atomic mass is 16.5. The van der Waals surface area contributed by atoms with E-state index in [1.165, 1.54) is 32.2 Å². The van der Waals surface area contributed by atoms with Crippen LogP contribution in [0.2, 0.25) is 0 Å². The Morgan fingerprint density at radius 2 is 2.06 bits per heavy atom. The van der Waals surface area contributed by atoms with Crippen molar-refractivity contribution in [1.29, 1.82) is 0 Å². The molecule has 0 aromatic heterocycles. The Morgan fingerprint density at radius 1 is 1.28 bits per heavy atom. The van der Waals surface area contributed by atoms with Gasteiger partial charge in [-0.25, -0.2) is 0 Å². The van der Waals surface area contributed by atoms with Gasteiger partial charge in [-0.15, -0.1) is 0 Å². The van der Waals surface area contributed by atoms with Gasteiger partial charge in [0.15, 0.2) is 0 Å². The lowest BCUT2D eigenvalue weighted by atomic mass is 9.91. The quantitative estimate of drug-likeness (QED) is 0.731. The topological polar surface area (TPSA) is 24.5 Å². The van der Waals surface area contributed by atoms with Crippen molar-refractivity contribution in [3.05, 3.63) is 0 Å². The predicted molar refractivity (Wildman–Crippen MR) is 73.7 cm³/mol. The predicted octanol–water partition coefficient (Wildman–Crippen LogP) is 1.88. The Labute approximate surface area is 111 Å². The molecule has 0 radical (unpaired) electrons. The van der Waals surface area contributed by atoms with Gasteiger partial charge in [0.25, 0.3) is 0 Å². The minimum Gasteiger partial charge on any atom is -0.380 e. The number of hydrogen-bond acceptors (Lipinski definition) is 3. The van der Waals surface area contributed by atoms with Crippen LogP contribution in [0.3, 0.4) is 0 Å². The second-order valence-corrected chi connectivity index (χ2v) is 6.91. The van der Waals surface area contributed by atoms with Crippen molar-refractivity contribution in [3.8, 4) is 0 Å². The van der Waals surface area contributed by atoms with Crippen molar-refractivity contribution in [2.24, 2.45) is 11.8 Å². The van der Waals surface area contributed by atoms with Crippen molar-refractivity contribution in [2.45, 2.75) is 51.1 Å². The zero-order valence-electron chi connectivity index (χ0n) is 12.0. The highest BCUT2D eigenvalue weighted by Gasteiger charge is 2.45. The summed E-state index contributed by atoms with van der Waals surface area (Å²) in [5.74, 6) is 1.81. The molecule has 3 nitrogen and oxygen atoms in total. The fourth-order valence-corrected chi connectivity index (χ4v) is 3.15. The summed E-state index contributed by atoms with van der Waals surface area (Å²) in [5, 5.41) is 3.77. The molecule has 18 heavy (non-hydrogen) atoms. The van der Waals surface area contributed by atoms with Crippen LogP contribution in [0.5, 0.6) is 0 Å². The average Bonchev–Trinajstić information content (AvgIpc) is 3.20. The van der Waals surface area contributed by atoms with Crippen molar-refractivity contribution < 1.29 is 4.74 Å². The average molecular weight is 252 g/mol. The minimum atomic E-state index is 0.364. The largest absolute Gasteiger partial charge is 0.380 e. The lowest BCUT2D eigenvalue weighted by Crippen LogP contribution is -2.63. The van der Waals surface area contributed by atoms with Crippen LogP contribution in [0.15, 0.2) is 0 Å². The van der Waals surface area contributed by atoms with Crippen LogP contribution in [0, 0.1) is 11.8 Å². The lowest BCUT2D eigenvalue weighted by Gasteiger charge is -2.45. The highest BCUT2D eigenvalue weighted by molar-refractivity contribution is 5.03. The molecule has 3 aliphatic rings. The Kier molecular flexibility index (Phi) is 3.65. The molecule has 1 saturated heterocycles. The first-order valence-corrected chi connectivity index (χ1v) is 7.74. The van der Waals surface area contributed by atoms with Crippen molar-refractivity contribution in [1.82, 2.24) is 10.2 Å². The van der Waals surface area contributed by atoms with E-state index in [1.807, 2.05) is 0 Å². The molecule has 2 saturated carbocycles. The van der Waals surface area contributed by atoms with Crippen molar-refractivity contribution in [3.63, 3.8) is 0 Å². The molecule has 2 aliphatic carbocycles. The summed E-state index contributed by atoms with van der Waals surface area (Å²) >= 11 is 0. The van der Waals surface area contributed by atoms with E-state index >= 15 is 0 Å². The molecule has 0 amide bonds.